The summed E-state index contributed by atoms with van der Waals surface area (Å²) in [5.41, 5.74) is 3.68. The van der Waals surface area contributed by atoms with Crippen molar-refractivity contribution in [3.63, 3.8) is 0 Å². The summed E-state index contributed by atoms with van der Waals surface area (Å²) >= 11 is 0. The number of hydrazine groups is 1. The first-order valence-corrected chi connectivity index (χ1v) is 7.35. The highest BCUT2D eigenvalue weighted by Gasteiger charge is 2.19. The monoisotopic (exact) mass is 279 g/mol. The Bertz CT molecular complexity index is 442. The zero-order valence-electron chi connectivity index (χ0n) is 13.9. The van der Waals surface area contributed by atoms with Crippen LogP contribution >= 0.6 is 0 Å². The number of rotatable bonds is 6. The van der Waals surface area contributed by atoms with Crippen molar-refractivity contribution >= 4 is 11.6 Å². The maximum Gasteiger partial charge on any atom is 0.148 e. The summed E-state index contributed by atoms with van der Waals surface area (Å²) in [6.07, 6.45) is 1.13. The Labute approximate surface area is 123 Å². The van der Waals surface area contributed by atoms with Crippen molar-refractivity contribution in [3.8, 4) is 0 Å². The summed E-state index contributed by atoms with van der Waals surface area (Å²) < 4.78 is 0. The molecule has 1 aromatic heterocycles. The Morgan fingerprint density at radius 2 is 1.75 bits per heavy atom. The van der Waals surface area contributed by atoms with Crippen LogP contribution < -0.4 is 16.2 Å². The highest BCUT2D eigenvalue weighted by atomic mass is 15.3. The second kappa shape index (κ2) is 6.88. The molecular formula is C15H29N5. The lowest BCUT2D eigenvalue weighted by molar-refractivity contribution is 0.501. The summed E-state index contributed by atoms with van der Waals surface area (Å²) in [5, 5.41) is 0. The van der Waals surface area contributed by atoms with Crippen molar-refractivity contribution < 1.29 is 0 Å². The Morgan fingerprint density at radius 1 is 1.15 bits per heavy atom. The first-order valence-electron chi connectivity index (χ1n) is 7.35. The standard InChI is InChI=1S/C15H29N5/c1-9(2)8-11(5)20(7)15-12(6)14(19-16)17-13(18-15)10(3)4/h9-11H,8,16H2,1-7H3,(H,17,18,19). The lowest BCUT2D eigenvalue weighted by Crippen LogP contribution is -2.32. The van der Waals surface area contributed by atoms with E-state index in [1.165, 1.54) is 0 Å². The van der Waals surface area contributed by atoms with Gasteiger partial charge in [-0.2, -0.15) is 0 Å². The van der Waals surface area contributed by atoms with Gasteiger partial charge in [0.25, 0.3) is 0 Å². The van der Waals surface area contributed by atoms with E-state index in [2.05, 4.69) is 57.0 Å². The number of hydrogen-bond acceptors (Lipinski definition) is 5. The van der Waals surface area contributed by atoms with Crippen LogP contribution in [0.4, 0.5) is 11.6 Å². The van der Waals surface area contributed by atoms with Crippen molar-refractivity contribution in [2.75, 3.05) is 17.4 Å². The molecular weight excluding hydrogens is 250 g/mol. The minimum atomic E-state index is 0.273. The predicted octanol–water partition coefficient (Wildman–Crippen LogP) is 3.06. The first-order chi connectivity index (χ1) is 9.27. The normalized spacial score (nSPS) is 12.9. The van der Waals surface area contributed by atoms with Gasteiger partial charge < -0.3 is 10.3 Å². The van der Waals surface area contributed by atoms with Gasteiger partial charge in [-0.25, -0.2) is 15.8 Å². The molecule has 0 spiro atoms. The molecule has 1 rings (SSSR count). The molecule has 1 unspecified atom stereocenters. The first kappa shape index (κ1) is 16.7. The fraction of sp³-hybridized carbons (Fsp3) is 0.733. The molecule has 0 saturated carbocycles. The molecule has 0 radical (unpaired) electrons. The summed E-state index contributed by atoms with van der Waals surface area (Å²) in [6.45, 7) is 12.9. The van der Waals surface area contributed by atoms with Crippen molar-refractivity contribution in [2.45, 2.75) is 59.9 Å². The maximum atomic E-state index is 5.59. The summed E-state index contributed by atoms with van der Waals surface area (Å²) in [4.78, 5) is 11.4. The molecule has 0 saturated heterocycles. The SMILES string of the molecule is Cc1c(NN)nc(C(C)C)nc1N(C)C(C)CC(C)C. The summed E-state index contributed by atoms with van der Waals surface area (Å²) in [6, 6.07) is 0.425. The van der Waals surface area contributed by atoms with Gasteiger partial charge in [-0.1, -0.05) is 27.7 Å². The number of nitrogen functional groups attached to an aromatic ring is 1. The van der Waals surface area contributed by atoms with E-state index in [1.807, 2.05) is 6.92 Å². The van der Waals surface area contributed by atoms with E-state index in [1.54, 1.807) is 0 Å². The maximum absolute atomic E-state index is 5.59. The Kier molecular flexibility index (Phi) is 5.74. The fourth-order valence-electron chi connectivity index (χ4n) is 2.31. The van der Waals surface area contributed by atoms with Gasteiger partial charge in [0.15, 0.2) is 0 Å². The summed E-state index contributed by atoms with van der Waals surface area (Å²) in [7, 11) is 2.09. The van der Waals surface area contributed by atoms with Crippen LogP contribution in [0.1, 0.15) is 58.3 Å². The van der Waals surface area contributed by atoms with Crippen molar-refractivity contribution in [1.82, 2.24) is 9.97 Å². The molecule has 0 aliphatic rings. The molecule has 5 heteroatoms. The molecule has 1 atom stereocenters. The zero-order valence-corrected chi connectivity index (χ0v) is 13.9. The number of nitrogens with zero attached hydrogens (tertiary/aromatic N) is 3. The van der Waals surface area contributed by atoms with Crippen LogP contribution in [-0.4, -0.2) is 23.1 Å². The van der Waals surface area contributed by atoms with Crippen LogP contribution in [0.3, 0.4) is 0 Å². The smallest absolute Gasteiger partial charge is 0.148 e. The lowest BCUT2D eigenvalue weighted by atomic mass is 10.0. The number of nitrogens with two attached hydrogens (primary N) is 1. The molecule has 0 aliphatic carbocycles. The van der Waals surface area contributed by atoms with Crippen LogP contribution in [0, 0.1) is 12.8 Å². The minimum absolute atomic E-state index is 0.273. The molecule has 5 nitrogen and oxygen atoms in total. The molecule has 0 aliphatic heterocycles. The molecule has 0 aromatic carbocycles. The van der Waals surface area contributed by atoms with E-state index >= 15 is 0 Å². The van der Waals surface area contributed by atoms with E-state index < -0.39 is 0 Å². The topological polar surface area (TPSA) is 67.1 Å². The molecule has 0 bridgehead atoms. The Balaban J connectivity index is 3.18. The largest absolute Gasteiger partial charge is 0.357 e. The van der Waals surface area contributed by atoms with Gasteiger partial charge in [0, 0.05) is 24.6 Å². The van der Waals surface area contributed by atoms with Gasteiger partial charge in [-0.15, -0.1) is 0 Å². The second-order valence-corrected chi connectivity index (χ2v) is 6.27. The summed E-state index contributed by atoms with van der Waals surface area (Å²) in [5.74, 6) is 9.01. The number of aromatic nitrogens is 2. The quantitative estimate of drug-likeness (QED) is 0.619. The van der Waals surface area contributed by atoms with Crippen molar-refractivity contribution in [2.24, 2.45) is 11.8 Å². The highest BCUT2D eigenvalue weighted by Crippen LogP contribution is 2.27. The molecule has 3 N–H and O–H groups in total. The van der Waals surface area contributed by atoms with Crippen LogP contribution in [0.25, 0.3) is 0 Å². The van der Waals surface area contributed by atoms with Crippen LogP contribution in [-0.2, 0) is 0 Å². The number of hydrogen-bond donors (Lipinski definition) is 2. The molecule has 0 fully saturated rings. The number of nitrogens with one attached hydrogen (secondary N) is 1. The third kappa shape index (κ3) is 3.82. The van der Waals surface area contributed by atoms with E-state index in [-0.39, 0.29) is 5.92 Å². The fourth-order valence-corrected chi connectivity index (χ4v) is 2.31. The van der Waals surface area contributed by atoms with E-state index in [0.29, 0.717) is 17.8 Å². The zero-order chi connectivity index (χ0) is 15.4. The molecule has 114 valence electrons. The predicted molar refractivity (Wildman–Crippen MR) is 86.0 cm³/mol. The van der Waals surface area contributed by atoms with Gasteiger partial charge in [0.1, 0.15) is 17.5 Å². The Morgan fingerprint density at radius 3 is 2.20 bits per heavy atom. The number of anilines is 2. The van der Waals surface area contributed by atoms with Gasteiger partial charge >= 0.3 is 0 Å². The highest BCUT2D eigenvalue weighted by molar-refractivity contribution is 5.58. The Hall–Kier alpha value is -1.36. The van der Waals surface area contributed by atoms with Gasteiger partial charge in [-0.3, -0.25) is 0 Å². The third-order valence-electron chi connectivity index (χ3n) is 3.60. The average molecular weight is 279 g/mol. The molecule has 20 heavy (non-hydrogen) atoms. The average Bonchev–Trinajstić information content (AvgIpc) is 2.37. The minimum Gasteiger partial charge on any atom is -0.357 e. The van der Waals surface area contributed by atoms with Gasteiger partial charge in [0.05, 0.1) is 0 Å². The van der Waals surface area contributed by atoms with E-state index in [0.717, 1.165) is 23.6 Å². The van der Waals surface area contributed by atoms with Crippen LogP contribution in [0.15, 0.2) is 0 Å². The van der Waals surface area contributed by atoms with Crippen molar-refractivity contribution in [1.29, 1.82) is 0 Å². The van der Waals surface area contributed by atoms with Crippen LogP contribution in [0.5, 0.6) is 0 Å². The van der Waals surface area contributed by atoms with E-state index in [9.17, 15) is 0 Å². The van der Waals surface area contributed by atoms with Gasteiger partial charge in [0.2, 0.25) is 0 Å². The lowest BCUT2D eigenvalue weighted by Gasteiger charge is -2.29. The molecule has 1 heterocycles. The van der Waals surface area contributed by atoms with Crippen LogP contribution in [0.2, 0.25) is 0 Å². The molecule has 1 aromatic rings. The third-order valence-corrected chi connectivity index (χ3v) is 3.60. The second-order valence-electron chi connectivity index (χ2n) is 6.27. The van der Waals surface area contributed by atoms with E-state index in [4.69, 9.17) is 10.8 Å². The van der Waals surface area contributed by atoms with Gasteiger partial charge in [-0.05, 0) is 26.2 Å². The van der Waals surface area contributed by atoms with Crippen molar-refractivity contribution in [3.05, 3.63) is 11.4 Å². The molecule has 0 amide bonds.